The van der Waals surface area contributed by atoms with Gasteiger partial charge in [-0.15, -0.1) is 0 Å². The van der Waals surface area contributed by atoms with E-state index >= 15 is 0 Å². The fraction of sp³-hybridized carbons (Fsp3) is 0.500. The van der Waals surface area contributed by atoms with Gasteiger partial charge in [0, 0.05) is 6.54 Å². The number of aryl methyl sites for hydroxylation is 1. The van der Waals surface area contributed by atoms with Crippen molar-refractivity contribution in [3.8, 4) is 0 Å². The van der Waals surface area contributed by atoms with Gasteiger partial charge in [-0.25, -0.2) is 0 Å². The van der Waals surface area contributed by atoms with Crippen molar-refractivity contribution in [1.82, 2.24) is 5.32 Å². The second-order valence-corrected chi connectivity index (χ2v) is 5.66. The highest BCUT2D eigenvalue weighted by atomic mass is 14.9. The molecule has 0 amide bonds. The lowest BCUT2D eigenvalue weighted by Gasteiger charge is -2.18. The Morgan fingerprint density at radius 3 is 2.59 bits per heavy atom. The molecule has 0 spiro atoms. The summed E-state index contributed by atoms with van der Waals surface area (Å²) in [5, 5.41) is 3.61. The second kappa shape index (κ2) is 4.66. The van der Waals surface area contributed by atoms with Crippen LogP contribution in [0, 0.1) is 24.7 Å². The van der Waals surface area contributed by atoms with E-state index in [1.54, 1.807) is 0 Å². The molecule has 1 aromatic rings. The van der Waals surface area contributed by atoms with Crippen LogP contribution in [-0.4, -0.2) is 6.54 Å². The first-order valence-electron chi connectivity index (χ1n) is 6.76. The van der Waals surface area contributed by atoms with Crippen LogP contribution in [0.5, 0.6) is 0 Å². The normalized spacial score (nSPS) is 30.1. The number of hydrogen-bond acceptors (Lipinski definition) is 1. The molecule has 0 heterocycles. The summed E-state index contributed by atoms with van der Waals surface area (Å²) in [4.78, 5) is 0. The third-order valence-electron chi connectivity index (χ3n) is 4.27. The lowest BCUT2D eigenvalue weighted by molar-refractivity contribution is 0.414. The van der Waals surface area contributed by atoms with Gasteiger partial charge in [0.05, 0.1) is 0 Å². The third-order valence-corrected chi connectivity index (χ3v) is 4.27. The summed E-state index contributed by atoms with van der Waals surface area (Å²) in [5.74, 6) is 2.65. The number of hydrogen-bond donors (Lipinski definition) is 1. The summed E-state index contributed by atoms with van der Waals surface area (Å²) >= 11 is 0. The van der Waals surface area contributed by atoms with E-state index in [4.69, 9.17) is 0 Å². The van der Waals surface area contributed by atoms with E-state index < -0.39 is 0 Å². The smallest absolute Gasteiger partial charge is 0.0205 e. The van der Waals surface area contributed by atoms with E-state index in [-0.39, 0.29) is 0 Å². The highest BCUT2D eigenvalue weighted by Gasteiger charge is 2.34. The van der Waals surface area contributed by atoms with Crippen LogP contribution in [-0.2, 0) is 6.54 Å². The molecule has 0 aromatic heterocycles. The molecule has 1 nitrogen and oxygen atoms in total. The van der Waals surface area contributed by atoms with Gasteiger partial charge in [0.25, 0.3) is 0 Å². The maximum atomic E-state index is 3.61. The van der Waals surface area contributed by atoms with Crippen molar-refractivity contribution in [3.63, 3.8) is 0 Å². The van der Waals surface area contributed by atoms with Gasteiger partial charge in [0.15, 0.2) is 0 Å². The summed E-state index contributed by atoms with van der Waals surface area (Å²) < 4.78 is 0. The van der Waals surface area contributed by atoms with E-state index in [1.807, 2.05) is 0 Å². The van der Waals surface area contributed by atoms with E-state index in [0.29, 0.717) is 0 Å². The zero-order valence-corrected chi connectivity index (χ0v) is 10.5. The number of nitrogens with one attached hydrogen (secondary N) is 1. The summed E-state index contributed by atoms with van der Waals surface area (Å²) in [7, 11) is 0. The zero-order chi connectivity index (χ0) is 11.7. The van der Waals surface area contributed by atoms with Crippen LogP contribution in [0.15, 0.2) is 36.4 Å². The molecule has 2 aliphatic carbocycles. The minimum atomic E-state index is 0.866. The van der Waals surface area contributed by atoms with Gasteiger partial charge in [-0.2, -0.15) is 0 Å². The number of allylic oxidation sites excluding steroid dienone is 2. The van der Waals surface area contributed by atoms with Crippen molar-refractivity contribution < 1.29 is 0 Å². The summed E-state index contributed by atoms with van der Waals surface area (Å²) in [6.45, 7) is 4.33. The Morgan fingerprint density at radius 2 is 1.94 bits per heavy atom. The van der Waals surface area contributed by atoms with Crippen LogP contribution in [0.1, 0.15) is 24.0 Å². The summed E-state index contributed by atoms with van der Waals surface area (Å²) in [6, 6.07) is 8.83. The van der Waals surface area contributed by atoms with Gasteiger partial charge in [-0.1, -0.05) is 42.0 Å². The molecule has 1 saturated carbocycles. The molecule has 0 aliphatic heterocycles. The van der Waals surface area contributed by atoms with Crippen LogP contribution in [0.3, 0.4) is 0 Å². The lowest BCUT2D eigenvalue weighted by Crippen LogP contribution is -2.25. The van der Waals surface area contributed by atoms with Gasteiger partial charge in [0.1, 0.15) is 0 Å². The van der Waals surface area contributed by atoms with Gasteiger partial charge < -0.3 is 5.32 Å². The Labute approximate surface area is 104 Å². The maximum Gasteiger partial charge on any atom is 0.0205 e. The second-order valence-electron chi connectivity index (χ2n) is 5.66. The number of rotatable bonds is 4. The molecule has 0 saturated heterocycles. The average molecular weight is 227 g/mol. The predicted molar refractivity (Wildman–Crippen MR) is 71.7 cm³/mol. The fourth-order valence-electron chi connectivity index (χ4n) is 3.24. The first kappa shape index (κ1) is 11.0. The third kappa shape index (κ3) is 2.44. The highest BCUT2D eigenvalue weighted by Crippen LogP contribution is 2.42. The summed E-state index contributed by atoms with van der Waals surface area (Å²) in [5.41, 5.74) is 2.74. The molecule has 1 N–H and O–H groups in total. The number of fused-ring (bicyclic) bond motifs is 2. The van der Waals surface area contributed by atoms with Crippen molar-refractivity contribution in [2.24, 2.45) is 17.8 Å². The first-order valence-corrected chi connectivity index (χ1v) is 6.76. The monoisotopic (exact) mass is 227 g/mol. The molecule has 3 atom stereocenters. The molecule has 1 aromatic carbocycles. The molecule has 1 heteroatoms. The molecule has 2 bridgehead atoms. The Bertz CT molecular complexity index is 404. The van der Waals surface area contributed by atoms with Gasteiger partial charge in [-0.05, 0) is 49.6 Å². The van der Waals surface area contributed by atoms with Crippen LogP contribution in [0.2, 0.25) is 0 Å². The van der Waals surface area contributed by atoms with Crippen molar-refractivity contribution >= 4 is 0 Å². The van der Waals surface area contributed by atoms with Crippen molar-refractivity contribution in [2.75, 3.05) is 6.54 Å². The van der Waals surface area contributed by atoms with Crippen LogP contribution in [0.4, 0.5) is 0 Å². The Kier molecular flexibility index (Phi) is 3.02. The maximum absolute atomic E-state index is 3.61. The lowest BCUT2D eigenvalue weighted by atomic mass is 9.93. The van der Waals surface area contributed by atoms with E-state index in [1.165, 1.54) is 30.5 Å². The SMILES string of the molecule is Cc1ccc(CNC[C@@H]2C[C@H]3C=C[C@H]2C3)cc1. The standard InChI is InChI=1S/C16H21N/c1-12-2-4-13(5-3-12)10-17-11-16-9-14-6-7-15(16)8-14/h2-7,14-17H,8-11H2,1H3/t14-,15-,16-/m0/s1. The predicted octanol–water partition coefficient (Wildman–Crippen LogP) is 3.30. The molecule has 90 valence electrons. The molecular formula is C16H21N. The van der Waals surface area contributed by atoms with E-state index in [0.717, 1.165) is 24.3 Å². The van der Waals surface area contributed by atoms with E-state index in [9.17, 15) is 0 Å². The quantitative estimate of drug-likeness (QED) is 0.778. The summed E-state index contributed by atoms with van der Waals surface area (Å²) in [6.07, 6.45) is 7.67. The largest absolute Gasteiger partial charge is 0.312 e. The molecule has 1 fully saturated rings. The van der Waals surface area contributed by atoms with Gasteiger partial charge >= 0.3 is 0 Å². The molecular weight excluding hydrogens is 206 g/mol. The van der Waals surface area contributed by atoms with Gasteiger partial charge in [-0.3, -0.25) is 0 Å². The van der Waals surface area contributed by atoms with Crippen LogP contribution < -0.4 is 5.32 Å². The van der Waals surface area contributed by atoms with Crippen LogP contribution in [0.25, 0.3) is 0 Å². The highest BCUT2D eigenvalue weighted by molar-refractivity contribution is 5.21. The topological polar surface area (TPSA) is 12.0 Å². The fourth-order valence-corrected chi connectivity index (χ4v) is 3.24. The Balaban J connectivity index is 1.46. The van der Waals surface area contributed by atoms with Crippen LogP contribution >= 0.6 is 0 Å². The van der Waals surface area contributed by atoms with Crippen molar-refractivity contribution in [2.45, 2.75) is 26.3 Å². The van der Waals surface area contributed by atoms with E-state index in [2.05, 4.69) is 48.7 Å². The first-order chi connectivity index (χ1) is 8.31. The molecule has 0 radical (unpaired) electrons. The Morgan fingerprint density at radius 1 is 1.12 bits per heavy atom. The zero-order valence-electron chi connectivity index (χ0n) is 10.5. The molecule has 2 aliphatic rings. The molecule has 3 rings (SSSR count). The Hall–Kier alpha value is -1.08. The minimum Gasteiger partial charge on any atom is -0.312 e. The minimum absolute atomic E-state index is 0.866. The van der Waals surface area contributed by atoms with Crippen molar-refractivity contribution in [3.05, 3.63) is 47.5 Å². The number of benzene rings is 1. The van der Waals surface area contributed by atoms with Crippen molar-refractivity contribution in [1.29, 1.82) is 0 Å². The average Bonchev–Trinajstić information content (AvgIpc) is 2.94. The van der Waals surface area contributed by atoms with Gasteiger partial charge in [0.2, 0.25) is 0 Å². The molecule has 17 heavy (non-hydrogen) atoms. The molecule has 0 unspecified atom stereocenters.